The van der Waals surface area contributed by atoms with Crippen molar-refractivity contribution < 1.29 is 33.2 Å². The second kappa shape index (κ2) is 8.61. The van der Waals surface area contributed by atoms with Gasteiger partial charge in [-0.2, -0.15) is 0 Å². The van der Waals surface area contributed by atoms with Crippen molar-refractivity contribution in [2.45, 2.75) is 25.0 Å². The highest BCUT2D eigenvalue weighted by Gasteiger charge is 2.59. The van der Waals surface area contributed by atoms with Crippen LogP contribution >= 0.6 is 23.1 Å². The molecule has 2 aliphatic rings. The standard InChI is InChI=1S/C22H16N2O8S2/c1-11(25)31-19(16-8-17-15(32-16)6-7-33-17)18-20(26)23-14(10-34-21(18)23)22(27)30-9-12-2-4-13(5-3-12)24(28)29/h2-8,10,18-19,21H,9H2,1H3. The number of nitro benzene ring substituents is 1. The summed E-state index contributed by atoms with van der Waals surface area (Å²) in [4.78, 5) is 49.0. The number of carbonyl (C=O) groups is 3. The SMILES string of the molecule is CC(=O)OC(c1cc2sccc2o1)C1C(=O)N2C(C(=O)OCc3ccc([N+](=O)[O-])cc3)=CSC12. The van der Waals surface area contributed by atoms with E-state index in [0.717, 1.165) is 4.70 Å². The van der Waals surface area contributed by atoms with Gasteiger partial charge in [0.25, 0.3) is 5.69 Å². The van der Waals surface area contributed by atoms with Crippen molar-refractivity contribution >= 4 is 56.9 Å². The predicted octanol–water partition coefficient (Wildman–Crippen LogP) is 4.12. The molecule has 10 nitrogen and oxygen atoms in total. The first kappa shape index (κ1) is 22.2. The Labute approximate surface area is 200 Å². The number of furan rings is 1. The second-order valence-electron chi connectivity index (χ2n) is 7.59. The van der Waals surface area contributed by atoms with Crippen LogP contribution in [0.5, 0.6) is 0 Å². The lowest BCUT2D eigenvalue weighted by atomic mass is 9.89. The van der Waals surface area contributed by atoms with Crippen molar-refractivity contribution in [2.24, 2.45) is 5.92 Å². The first-order chi connectivity index (χ1) is 16.3. The number of ether oxygens (including phenoxy) is 2. The zero-order valence-electron chi connectivity index (χ0n) is 17.5. The fourth-order valence-corrected chi connectivity index (χ4v) is 5.85. The third kappa shape index (κ3) is 3.84. The number of thioether (sulfide) groups is 1. The minimum Gasteiger partial charge on any atom is -0.456 e. The summed E-state index contributed by atoms with van der Waals surface area (Å²) in [6, 6.07) is 9.19. The van der Waals surface area contributed by atoms with E-state index in [1.54, 1.807) is 17.5 Å². The summed E-state index contributed by atoms with van der Waals surface area (Å²) < 4.78 is 17.5. The first-order valence-electron chi connectivity index (χ1n) is 10.1. The van der Waals surface area contributed by atoms with Crippen LogP contribution in [0.1, 0.15) is 24.4 Å². The lowest BCUT2D eigenvalue weighted by Crippen LogP contribution is -2.59. The fourth-order valence-electron chi connectivity index (χ4n) is 3.85. The van der Waals surface area contributed by atoms with E-state index in [-0.39, 0.29) is 23.9 Å². The number of amides is 1. The van der Waals surface area contributed by atoms with E-state index in [4.69, 9.17) is 13.9 Å². The zero-order chi connectivity index (χ0) is 24.0. The molecule has 5 rings (SSSR count). The molecule has 4 heterocycles. The smallest absolute Gasteiger partial charge is 0.355 e. The molecule has 34 heavy (non-hydrogen) atoms. The Morgan fingerprint density at radius 3 is 2.71 bits per heavy atom. The Morgan fingerprint density at radius 1 is 1.26 bits per heavy atom. The molecule has 2 aliphatic heterocycles. The summed E-state index contributed by atoms with van der Waals surface area (Å²) in [5.74, 6) is -1.95. The van der Waals surface area contributed by atoms with Crippen molar-refractivity contribution in [3.8, 4) is 0 Å². The Hall–Kier alpha value is -3.64. The summed E-state index contributed by atoms with van der Waals surface area (Å²) >= 11 is 2.74. The summed E-state index contributed by atoms with van der Waals surface area (Å²) in [5, 5.41) is 13.7. The molecule has 2 aromatic heterocycles. The molecule has 0 radical (unpaired) electrons. The number of fused-ring (bicyclic) bond motifs is 2. The van der Waals surface area contributed by atoms with Crippen LogP contribution in [-0.2, 0) is 30.5 Å². The van der Waals surface area contributed by atoms with E-state index in [1.165, 1.54) is 59.2 Å². The quantitative estimate of drug-likeness (QED) is 0.203. The molecular formula is C22H16N2O8S2. The van der Waals surface area contributed by atoms with Gasteiger partial charge in [-0.3, -0.25) is 24.6 Å². The maximum atomic E-state index is 13.1. The third-order valence-electron chi connectivity index (χ3n) is 5.45. The number of non-ortho nitro benzene ring substituents is 1. The molecule has 0 aliphatic carbocycles. The molecule has 0 saturated carbocycles. The topological polar surface area (TPSA) is 129 Å². The number of esters is 2. The molecule has 12 heteroatoms. The Balaban J connectivity index is 1.27. The van der Waals surface area contributed by atoms with Gasteiger partial charge in [0.2, 0.25) is 5.91 Å². The van der Waals surface area contributed by atoms with E-state index >= 15 is 0 Å². The van der Waals surface area contributed by atoms with Crippen molar-refractivity contribution in [1.82, 2.24) is 4.90 Å². The van der Waals surface area contributed by atoms with Crippen molar-refractivity contribution in [2.75, 3.05) is 0 Å². The predicted molar refractivity (Wildman–Crippen MR) is 121 cm³/mol. The average molecular weight is 501 g/mol. The normalized spacial score (nSPS) is 19.9. The molecule has 1 amide bonds. The Bertz CT molecular complexity index is 1310. The molecule has 1 aromatic carbocycles. The van der Waals surface area contributed by atoms with Gasteiger partial charge in [0.05, 0.1) is 9.62 Å². The van der Waals surface area contributed by atoms with Gasteiger partial charge in [0.1, 0.15) is 34.9 Å². The minimum atomic E-state index is -0.915. The van der Waals surface area contributed by atoms with Crippen molar-refractivity contribution in [1.29, 1.82) is 0 Å². The van der Waals surface area contributed by atoms with Crippen LogP contribution in [0.2, 0.25) is 0 Å². The van der Waals surface area contributed by atoms with Gasteiger partial charge in [-0.25, -0.2) is 4.79 Å². The zero-order valence-corrected chi connectivity index (χ0v) is 19.2. The van der Waals surface area contributed by atoms with Crippen molar-refractivity contribution in [3.63, 3.8) is 0 Å². The van der Waals surface area contributed by atoms with E-state index < -0.39 is 34.3 Å². The molecule has 3 aromatic rings. The lowest BCUT2D eigenvalue weighted by molar-refractivity contribution is -0.384. The molecule has 0 bridgehead atoms. The van der Waals surface area contributed by atoms with Gasteiger partial charge in [-0.1, -0.05) is 0 Å². The first-order valence-corrected chi connectivity index (χ1v) is 11.9. The lowest BCUT2D eigenvalue weighted by Gasteiger charge is -2.44. The molecule has 0 spiro atoms. The monoisotopic (exact) mass is 500 g/mol. The number of hydrogen-bond donors (Lipinski definition) is 0. The fraction of sp³-hybridized carbons (Fsp3) is 0.227. The number of β-lactam (4-membered cyclic amide) rings is 1. The number of rotatable bonds is 7. The van der Waals surface area contributed by atoms with Crippen molar-refractivity contribution in [3.05, 3.63) is 74.3 Å². The van der Waals surface area contributed by atoms with Crippen LogP contribution in [0.4, 0.5) is 5.69 Å². The molecule has 174 valence electrons. The van der Waals surface area contributed by atoms with Gasteiger partial charge in [-0.15, -0.1) is 23.1 Å². The summed E-state index contributed by atoms with van der Waals surface area (Å²) in [6.45, 7) is 1.16. The van der Waals surface area contributed by atoms with Crippen LogP contribution in [-0.4, -0.2) is 33.0 Å². The Kier molecular flexibility index (Phi) is 5.62. The van der Waals surface area contributed by atoms with Gasteiger partial charge < -0.3 is 13.9 Å². The molecule has 3 atom stereocenters. The van der Waals surface area contributed by atoms with Gasteiger partial charge in [0, 0.05) is 30.5 Å². The van der Waals surface area contributed by atoms with E-state index in [1.807, 2.05) is 5.38 Å². The van der Waals surface area contributed by atoms with Crippen LogP contribution < -0.4 is 0 Å². The Morgan fingerprint density at radius 2 is 2.03 bits per heavy atom. The maximum Gasteiger partial charge on any atom is 0.355 e. The molecule has 1 fully saturated rings. The highest BCUT2D eigenvalue weighted by Crippen LogP contribution is 2.51. The van der Waals surface area contributed by atoms with E-state index in [0.29, 0.717) is 16.9 Å². The van der Waals surface area contributed by atoms with Crippen LogP contribution in [0, 0.1) is 16.0 Å². The van der Waals surface area contributed by atoms with Crippen LogP contribution in [0.3, 0.4) is 0 Å². The highest BCUT2D eigenvalue weighted by atomic mass is 32.2. The molecule has 3 unspecified atom stereocenters. The maximum absolute atomic E-state index is 13.1. The van der Waals surface area contributed by atoms with Gasteiger partial charge >= 0.3 is 11.9 Å². The summed E-state index contributed by atoms with van der Waals surface area (Å²) in [7, 11) is 0. The number of hydrogen-bond acceptors (Lipinski definition) is 10. The molecule has 1 saturated heterocycles. The van der Waals surface area contributed by atoms with Crippen LogP contribution in [0.15, 0.2) is 57.3 Å². The number of nitro groups is 1. The summed E-state index contributed by atoms with van der Waals surface area (Å²) in [5.41, 5.74) is 1.25. The number of thiophene rings is 1. The molecular weight excluding hydrogens is 484 g/mol. The van der Waals surface area contributed by atoms with Gasteiger partial charge in [-0.05, 0) is 29.1 Å². The molecule has 0 N–H and O–H groups in total. The summed E-state index contributed by atoms with van der Waals surface area (Å²) in [6.07, 6.45) is -0.915. The second-order valence-corrected chi connectivity index (χ2v) is 9.53. The number of benzene rings is 1. The minimum absolute atomic E-state index is 0.0660. The third-order valence-corrected chi connectivity index (χ3v) is 7.43. The largest absolute Gasteiger partial charge is 0.456 e. The number of nitrogens with zero attached hydrogens (tertiary/aromatic N) is 2. The average Bonchev–Trinajstić information content (AvgIpc) is 3.50. The van der Waals surface area contributed by atoms with E-state index in [2.05, 4.69) is 0 Å². The van der Waals surface area contributed by atoms with E-state index in [9.17, 15) is 24.5 Å². The van der Waals surface area contributed by atoms with Gasteiger partial charge in [0.15, 0.2) is 6.10 Å². The van der Waals surface area contributed by atoms with Crippen LogP contribution in [0.25, 0.3) is 10.3 Å². The number of carbonyl (C=O) groups excluding carboxylic acids is 3. The highest BCUT2D eigenvalue weighted by molar-refractivity contribution is 8.03.